The van der Waals surface area contributed by atoms with Crippen LogP contribution in [0, 0.1) is 23.2 Å². The molecule has 0 aliphatic heterocycles. The average molecular weight is 162 g/mol. The van der Waals surface area contributed by atoms with Crippen molar-refractivity contribution >= 4 is 0 Å². The molecule has 3 aliphatic carbocycles. The second-order valence-corrected chi connectivity index (χ2v) is 4.92. The van der Waals surface area contributed by atoms with Crippen molar-refractivity contribution in [1.82, 2.24) is 0 Å². The summed E-state index contributed by atoms with van der Waals surface area (Å²) in [5.74, 6) is 3.15. The maximum absolute atomic E-state index is 2.46. The molecule has 3 aliphatic rings. The van der Waals surface area contributed by atoms with E-state index in [0.29, 0.717) is 5.41 Å². The minimum atomic E-state index is 0. The molecule has 0 N–H and O–H groups in total. The van der Waals surface area contributed by atoms with Gasteiger partial charge in [0.1, 0.15) is 0 Å². The fourth-order valence-corrected chi connectivity index (χ4v) is 3.18. The van der Waals surface area contributed by atoms with Gasteiger partial charge in [-0.25, -0.2) is 0 Å². The van der Waals surface area contributed by atoms with Crippen molar-refractivity contribution in [2.45, 2.75) is 40.0 Å². The Labute approximate surface area is 93.9 Å². The molecule has 0 heterocycles. The molecule has 0 nitrogen and oxygen atoms in total. The maximum atomic E-state index is 2.46. The summed E-state index contributed by atoms with van der Waals surface area (Å²) in [7, 11) is 0. The molecule has 3 rings (SSSR count). The van der Waals surface area contributed by atoms with Crippen LogP contribution in [0.15, 0.2) is 0 Å². The smallest absolute Gasteiger partial charge is 1.00 e. The van der Waals surface area contributed by atoms with Gasteiger partial charge in [0.15, 0.2) is 0 Å². The van der Waals surface area contributed by atoms with Gasteiger partial charge in [-0.2, -0.15) is 0 Å². The second kappa shape index (κ2) is 3.05. The molecule has 0 radical (unpaired) electrons. The van der Waals surface area contributed by atoms with Crippen molar-refractivity contribution < 1.29 is 31.0 Å². The first-order valence-electron chi connectivity index (χ1n) is 4.62. The van der Waals surface area contributed by atoms with Crippen LogP contribution in [0.1, 0.15) is 41.5 Å². The summed E-state index contributed by atoms with van der Waals surface area (Å²) < 4.78 is 0. The molecule has 3 atom stereocenters. The Hall–Kier alpha value is 1.00. The predicted molar refractivity (Wildman–Crippen MR) is 44.9 cm³/mol. The zero-order valence-electron chi connectivity index (χ0n) is 9.35. The largest absolute Gasteiger partial charge is 1.00 e. The number of rotatable bonds is 0. The van der Waals surface area contributed by atoms with Gasteiger partial charge in [0, 0.05) is 0 Å². The van der Waals surface area contributed by atoms with Crippen molar-refractivity contribution in [3.8, 4) is 0 Å². The molecule has 3 fully saturated rings. The summed E-state index contributed by atoms with van der Waals surface area (Å²) in [5, 5.41) is 0. The molecule has 0 spiro atoms. The van der Waals surface area contributed by atoms with E-state index in [2.05, 4.69) is 20.8 Å². The van der Waals surface area contributed by atoms with Crippen LogP contribution in [0.5, 0.6) is 0 Å². The molecule has 0 amide bonds. The van der Waals surface area contributed by atoms with Gasteiger partial charge >= 0.3 is 29.6 Å². The van der Waals surface area contributed by atoms with E-state index in [1.54, 1.807) is 0 Å². The molecular weight excluding hydrogens is 143 g/mol. The fraction of sp³-hybridized carbons (Fsp3) is 1.00. The maximum Gasteiger partial charge on any atom is 1.00 e. The van der Waals surface area contributed by atoms with Crippen LogP contribution in [0.3, 0.4) is 0 Å². The molecule has 3 saturated carbocycles. The van der Waals surface area contributed by atoms with Crippen LogP contribution in [-0.2, 0) is 0 Å². The molecule has 0 aromatic carbocycles. The Balaban J connectivity index is 0.000000605. The molecule has 3 unspecified atom stereocenters. The van der Waals surface area contributed by atoms with Crippen molar-refractivity contribution in [3.05, 3.63) is 0 Å². The number of hydrogen-bond donors (Lipinski definition) is 0. The van der Waals surface area contributed by atoms with Crippen LogP contribution in [0.2, 0.25) is 0 Å². The van der Waals surface area contributed by atoms with Crippen molar-refractivity contribution in [2.24, 2.45) is 23.2 Å². The molecule has 0 aromatic rings. The predicted octanol–water partition coefficient (Wildman–Crippen LogP) is 0.195. The molecule has 0 saturated heterocycles. The first-order valence-corrected chi connectivity index (χ1v) is 4.62. The third kappa shape index (κ3) is 1.32. The van der Waals surface area contributed by atoms with Crippen LogP contribution >= 0.6 is 0 Å². The molecule has 1 heteroatoms. The van der Waals surface area contributed by atoms with Crippen LogP contribution in [0.25, 0.3) is 0 Å². The minimum Gasteiger partial charge on any atom is -1.00 e. The normalized spacial score (nSPS) is 45.5. The summed E-state index contributed by atoms with van der Waals surface area (Å²) in [6.07, 6.45) is 4.54. The molecular formula is C10H19Na. The standard InChI is InChI=1S/C10H18.Na.H/c1-7-4-5-8-6-9(7)10(8,2)3;;/h7-9H,4-6H2,1-3H3;;/q;+1;-1. The van der Waals surface area contributed by atoms with E-state index in [0.717, 1.165) is 17.8 Å². The van der Waals surface area contributed by atoms with E-state index in [1.165, 1.54) is 19.3 Å². The first kappa shape index (κ1) is 10.1. The molecule has 2 bridgehead atoms. The van der Waals surface area contributed by atoms with Gasteiger partial charge in [-0.1, -0.05) is 27.2 Å². The Morgan fingerprint density at radius 3 is 2.18 bits per heavy atom. The van der Waals surface area contributed by atoms with Crippen molar-refractivity contribution in [2.75, 3.05) is 0 Å². The summed E-state index contributed by atoms with van der Waals surface area (Å²) in [6.45, 7) is 7.35. The van der Waals surface area contributed by atoms with Gasteiger partial charge in [0.2, 0.25) is 0 Å². The average Bonchev–Trinajstić information content (AvgIpc) is 1.87. The van der Waals surface area contributed by atoms with Crippen LogP contribution in [-0.4, -0.2) is 0 Å². The minimum absolute atomic E-state index is 0. The van der Waals surface area contributed by atoms with Gasteiger partial charge in [-0.3, -0.25) is 0 Å². The Bertz CT molecular complexity index is 154. The van der Waals surface area contributed by atoms with Gasteiger partial charge in [0.25, 0.3) is 0 Å². The summed E-state index contributed by atoms with van der Waals surface area (Å²) in [4.78, 5) is 0. The van der Waals surface area contributed by atoms with Gasteiger partial charge < -0.3 is 1.43 Å². The van der Waals surface area contributed by atoms with Crippen LogP contribution < -0.4 is 29.6 Å². The quantitative estimate of drug-likeness (QED) is 0.446. The molecule has 11 heavy (non-hydrogen) atoms. The first-order chi connectivity index (χ1) is 4.62. The number of fused-ring (bicyclic) bond motifs is 2. The molecule has 0 aromatic heterocycles. The zero-order valence-corrected chi connectivity index (χ0v) is 10.4. The van der Waals surface area contributed by atoms with Crippen molar-refractivity contribution in [1.29, 1.82) is 0 Å². The molecule has 60 valence electrons. The van der Waals surface area contributed by atoms with E-state index in [9.17, 15) is 0 Å². The monoisotopic (exact) mass is 162 g/mol. The Morgan fingerprint density at radius 2 is 1.91 bits per heavy atom. The number of hydrogen-bond acceptors (Lipinski definition) is 0. The van der Waals surface area contributed by atoms with Crippen molar-refractivity contribution in [3.63, 3.8) is 0 Å². The zero-order chi connectivity index (χ0) is 7.35. The van der Waals surface area contributed by atoms with Gasteiger partial charge in [-0.15, -0.1) is 0 Å². The van der Waals surface area contributed by atoms with Crippen LogP contribution in [0.4, 0.5) is 0 Å². The van der Waals surface area contributed by atoms with Gasteiger partial charge in [0.05, 0.1) is 0 Å². The summed E-state index contributed by atoms with van der Waals surface area (Å²) >= 11 is 0. The van der Waals surface area contributed by atoms with E-state index >= 15 is 0 Å². The van der Waals surface area contributed by atoms with Gasteiger partial charge in [-0.05, 0) is 36.0 Å². The SMILES string of the molecule is CC1CCC2CC1C2(C)C.[H-].[Na+]. The van der Waals surface area contributed by atoms with E-state index in [4.69, 9.17) is 0 Å². The Morgan fingerprint density at radius 1 is 1.27 bits per heavy atom. The van der Waals surface area contributed by atoms with E-state index < -0.39 is 0 Å². The Kier molecular flexibility index (Phi) is 2.79. The summed E-state index contributed by atoms with van der Waals surface area (Å²) in [5.41, 5.74) is 0.706. The third-order valence-electron chi connectivity index (χ3n) is 4.20. The third-order valence-corrected chi connectivity index (χ3v) is 4.20. The second-order valence-electron chi connectivity index (χ2n) is 4.92. The summed E-state index contributed by atoms with van der Waals surface area (Å²) in [6, 6.07) is 0. The van der Waals surface area contributed by atoms with E-state index in [1.807, 2.05) is 0 Å². The fourth-order valence-electron chi connectivity index (χ4n) is 3.18. The van der Waals surface area contributed by atoms with E-state index in [-0.39, 0.29) is 31.0 Å². The topological polar surface area (TPSA) is 0 Å².